The summed E-state index contributed by atoms with van der Waals surface area (Å²) < 4.78 is 5.37. The highest BCUT2D eigenvalue weighted by atomic mass is 16.5. The average molecular weight is 258 g/mol. The Bertz CT molecular complexity index is 437. The molecule has 1 nitrogen and oxygen atoms in total. The second-order valence-corrected chi connectivity index (χ2v) is 6.44. The zero-order valence-corrected chi connectivity index (χ0v) is 12.3. The average Bonchev–Trinajstić information content (AvgIpc) is 2.46. The van der Waals surface area contributed by atoms with Gasteiger partial charge in [-0.25, -0.2) is 0 Å². The number of ether oxygens (including phenoxy) is 1. The summed E-state index contributed by atoms with van der Waals surface area (Å²) in [5.41, 5.74) is 3.18. The molecule has 0 aliphatic heterocycles. The van der Waals surface area contributed by atoms with Gasteiger partial charge in [0.25, 0.3) is 0 Å². The third kappa shape index (κ3) is 2.52. The Hall–Kier alpha value is -0.980. The summed E-state index contributed by atoms with van der Waals surface area (Å²) in [4.78, 5) is 0. The van der Waals surface area contributed by atoms with Gasteiger partial charge in [-0.05, 0) is 73.1 Å². The maximum absolute atomic E-state index is 5.37. The van der Waals surface area contributed by atoms with E-state index in [2.05, 4.69) is 25.1 Å². The van der Waals surface area contributed by atoms with Gasteiger partial charge < -0.3 is 4.74 Å². The van der Waals surface area contributed by atoms with E-state index in [1.54, 1.807) is 18.2 Å². The first-order valence-corrected chi connectivity index (χ1v) is 7.98. The smallest absolute Gasteiger partial charge is 0.119 e. The molecule has 0 radical (unpaired) electrons. The Labute approximate surface area is 117 Å². The third-order valence-corrected chi connectivity index (χ3v) is 5.32. The number of aryl methyl sites for hydroxylation is 1. The number of benzene rings is 1. The maximum atomic E-state index is 5.37. The zero-order chi connectivity index (χ0) is 13.2. The van der Waals surface area contributed by atoms with E-state index < -0.39 is 0 Å². The molecule has 3 rings (SSSR count). The summed E-state index contributed by atoms with van der Waals surface area (Å²) in [7, 11) is 1.77. The molecule has 1 aromatic carbocycles. The molecule has 0 saturated heterocycles. The summed E-state index contributed by atoms with van der Waals surface area (Å²) in [5.74, 6) is 3.82. The van der Waals surface area contributed by atoms with Crippen molar-refractivity contribution in [3.05, 3.63) is 29.3 Å². The molecule has 2 aliphatic rings. The molecule has 1 fully saturated rings. The molecule has 19 heavy (non-hydrogen) atoms. The van der Waals surface area contributed by atoms with Crippen molar-refractivity contribution in [3.63, 3.8) is 0 Å². The number of hydrogen-bond acceptors (Lipinski definition) is 1. The molecular weight excluding hydrogens is 232 g/mol. The minimum atomic E-state index is 0.836. The van der Waals surface area contributed by atoms with Crippen molar-refractivity contribution in [2.75, 3.05) is 7.11 Å². The van der Waals surface area contributed by atoms with E-state index in [0.717, 1.165) is 23.5 Å². The van der Waals surface area contributed by atoms with Crippen molar-refractivity contribution in [2.24, 2.45) is 11.8 Å². The number of hydrogen-bond donors (Lipinski definition) is 0. The van der Waals surface area contributed by atoms with Crippen molar-refractivity contribution in [1.29, 1.82) is 0 Å². The van der Waals surface area contributed by atoms with Crippen molar-refractivity contribution in [3.8, 4) is 5.75 Å². The lowest BCUT2D eigenvalue weighted by Gasteiger charge is -2.40. The van der Waals surface area contributed by atoms with Crippen LogP contribution in [0.5, 0.6) is 5.75 Å². The van der Waals surface area contributed by atoms with Gasteiger partial charge in [0.05, 0.1) is 7.11 Å². The molecule has 0 heterocycles. The second kappa shape index (κ2) is 5.56. The van der Waals surface area contributed by atoms with Gasteiger partial charge in [0.2, 0.25) is 0 Å². The minimum absolute atomic E-state index is 0.836. The van der Waals surface area contributed by atoms with Gasteiger partial charge in [-0.15, -0.1) is 0 Å². The van der Waals surface area contributed by atoms with Crippen LogP contribution in [0.4, 0.5) is 0 Å². The van der Waals surface area contributed by atoms with Crippen molar-refractivity contribution in [2.45, 2.75) is 57.8 Å². The normalized spacial score (nSPS) is 29.5. The Kier molecular flexibility index (Phi) is 3.81. The Morgan fingerprint density at radius 1 is 1.21 bits per heavy atom. The standard InChI is InChI=1S/C18H26O/c1-3-4-13-5-9-17-14(11-13)6-7-15-12-16(19-2)8-10-18(15)17/h8,10,12-14,17H,3-7,9,11H2,1-2H3. The van der Waals surface area contributed by atoms with E-state index in [-0.39, 0.29) is 0 Å². The second-order valence-electron chi connectivity index (χ2n) is 6.44. The Morgan fingerprint density at radius 3 is 2.89 bits per heavy atom. The molecule has 0 spiro atoms. The SMILES string of the molecule is CCCC1CCC2c3ccc(OC)cc3CCC2C1. The summed E-state index contributed by atoms with van der Waals surface area (Å²) in [6, 6.07) is 6.76. The summed E-state index contributed by atoms with van der Waals surface area (Å²) in [6.07, 6.45) is 9.78. The number of fused-ring (bicyclic) bond motifs is 3. The summed E-state index contributed by atoms with van der Waals surface area (Å²) in [6.45, 7) is 2.33. The van der Waals surface area contributed by atoms with Gasteiger partial charge in [0, 0.05) is 0 Å². The molecular formula is C18H26O. The molecule has 1 saturated carbocycles. The van der Waals surface area contributed by atoms with E-state index in [1.807, 2.05) is 0 Å². The van der Waals surface area contributed by atoms with Gasteiger partial charge in [-0.1, -0.05) is 25.8 Å². The predicted molar refractivity (Wildman–Crippen MR) is 79.8 cm³/mol. The van der Waals surface area contributed by atoms with E-state index in [4.69, 9.17) is 4.74 Å². The fraction of sp³-hybridized carbons (Fsp3) is 0.667. The molecule has 104 valence electrons. The molecule has 0 aromatic heterocycles. The van der Waals surface area contributed by atoms with Gasteiger partial charge in [-0.3, -0.25) is 0 Å². The number of methoxy groups -OCH3 is 1. The molecule has 3 atom stereocenters. The lowest BCUT2D eigenvalue weighted by atomic mass is 9.65. The number of rotatable bonds is 3. The van der Waals surface area contributed by atoms with Crippen LogP contribution in [0.25, 0.3) is 0 Å². The third-order valence-electron chi connectivity index (χ3n) is 5.32. The summed E-state index contributed by atoms with van der Waals surface area (Å²) >= 11 is 0. The molecule has 3 unspecified atom stereocenters. The fourth-order valence-corrected chi connectivity index (χ4v) is 4.39. The van der Waals surface area contributed by atoms with E-state index >= 15 is 0 Å². The molecule has 0 N–H and O–H groups in total. The zero-order valence-electron chi connectivity index (χ0n) is 12.3. The van der Waals surface area contributed by atoms with E-state index in [9.17, 15) is 0 Å². The molecule has 0 amide bonds. The minimum Gasteiger partial charge on any atom is -0.497 e. The lowest BCUT2D eigenvalue weighted by molar-refractivity contribution is 0.201. The van der Waals surface area contributed by atoms with Crippen LogP contribution in [0.1, 0.15) is 62.5 Å². The van der Waals surface area contributed by atoms with Crippen LogP contribution >= 0.6 is 0 Å². The Balaban J connectivity index is 1.79. The van der Waals surface area contributed by atoms with Crippen LogP contribution in [0.15, 0.2) is 18.2 Å². The largest absolute Gasteiger partial charge is 0.497 e. The molecule has 0 bridgehead atoms. The molecule has 2 aliphatic carbocycles. The van der Waals surface area contributed by atoms with Gasteiger partial charge in [0.1, 0.15) is 5.75 Å². The highest BCUT2D eigenvalue weighted by Crippen LogP contribution is 2.48. The highest BCUT2D eigenvalue weighted by molar-refractivity contribution is 5.40. The van der Waals surface area contributed by atoms with Gasteiger partial charge >= 0.3 is 0 Å². The van der Waals surface area contributed by atoms with Crippen molar-refractivity contribution in [1.82, 2.24) is 0 Å². The highest BCUT2D eigenvalue weighted by Gasteiger charge is 2.34. The van der Waals surface area contributed by atoms with Gasteiger partial charge in [0.15, 0.2) is 0 Å². The topological polar surface area (TPSA) is 9.23 Å². The fourth-order valence-electron chi connectivity index (χ4n) is 4.39. The predicted octanol–water partition coefficient (Wildman–Crippen LogP) is 4.94. The van der Waals surface area contributed by atoms with Crippen LogP contribution in [-0.2, 0) is 6.42 Å². The lowest BCUT2D eigenvalue weighted by Crippen LogP contribution is -2.28. The van der Waals surface area contributed by atoms with Crippen LogP contribution in [0.3, 0.4) is 0 Å². The van der Waals surface area contributed by atoms with Crippen molar-refractivity contribution < 1.29 is 4.74 Å². The maximum Gasteiger partial charge on any atom is 0.119 e. The first-order valence-electron chi connectivity index (χ1n) is 7.98. The van der Waals surface area contributed by atoms with Crippen LogP contribution in [0, 0.1) is 11.8 Å². The van der Waals surface area contributed by atoms with Crippen LogP contribution < -0.4 is 4.74 Å². The van der Waals surface area contributed by atoms with E-state index in [1.165, 1.54) is 44.9 Å². The van der Waals surface area contributed by atoms with Gasteiger partial charge in [-0.2, -0.15) is 0 Å². The molecule has 1 heteroatoms. The first-order chi connectivity index (χ1) is 9.31. The van der Waals surface area contributed by atoms with E-state index in [0.29, 0.717) is 0 Å². The quantitative estimate of drug-likeness (QED) is 0.746. The van der Waals surface area contributed by atoms with Crippen LogP contribution in [-0.4, -0.2) is 7.11 Å². The monoisotopic (exact) mass is 258 g/mol. The summed E-state index contributed by atoms with van der Waals surface area (Å²) in [5, 5.41) is 0. The Morgan fingerprint density at radius 2 is 2.11 bits per heavy atom. The van der Waals surface area contributed by atoms with Crippen LogP contribution in [0.2, 0.25) is 0 Å². The molecule has 1 aromatic rings. The first kappa shape index (κ1) is 13.0. The van der Waals surface area contributed by atoms with Crippen molar-refractivity contribution >= 4 is 0 Å².